The minimum atomic E-state index is -0.890. The fourth-order valence-corrected chi connectivity index (χ4v) is 3.27. The first-order chi connectivity index (χ1) is 11.5. The number of anilines is 1. The lowest BCUT2D eigenvalue weighted by Crippen LogP contribution is -2.39. The molecule has 1 aliphatic heterocycles. The van der Waals surface area contributed by atoms with Gasteiger partial charge in [0.2, 0.25) is 0 Å². The van der Waals surface area contributed by atoms with Gasteiger partial charge in [-0.05, 0) is 43.2 Å². The number of benzene rings is 2. The van der Waals surface area contributed by atoms with E-state index in [0.29, 0.717) is 11.0 Å². The van der Waals surface area contributed by atoms with E-state index in [-0.39, 0.29) is 16.5 Å². The van der Waals surface area contributed by atoms with Crippen LogP contribution in [0.1, 0.15) is 22.8 Å². The van der Waals surface area contributed by atoms with Gasteiger partial charge in [-0.1, -0.05) is 45.7 Å². The molecule has 1 atom stereocenters. The van der Waals surface area contributed by atoms with Crippen molar-refractivity contribution in [3.8, 4) is 0 Å². The van der Waals surface area contributed by atoms with E-state index >= 15 is 0 Å². The van der Waals surface area contributed by atoms with Crippen LogP contribution < -0.4 is 4.90 Å². The Morgan fingerprint density at radius 1 is 1.25 bits per heavy atom. The van der Waals surface area contributed by atoms with Gasteiger partial charge < -0.3 is 9.64 Å². The van der Waals surface area contributed by atoms with Crippen molar-refractivity contribution in [2.24, 2.45) is 0 Å². The molecule has 2 aromatic rings. The Kier molecular flexibility index (Phi) is 4.92. The van der Waals surface area contributed by atoms with Crippen LogP contribution in [-0.2, 0) is 16.0 Å². The molecule has 0 aromatic heterocycles. The third kappa shape index (κ3) is 3.32. The Morgan fingerprint density at radius 2 is 2.00 bits per heavy atom. The molecule has 0 bridgehead atoms. The second kappa shape index (κ2) is 6.95. The van der Waals surface area contributed by atoms with Crippen LogP contribution >= 0.6 is 27.5 Å². The highest BCUT2D eigenvalue weighted by molar-refractivity contribution is 9.10. The van der Waals surface area contributed by atoms with Gasteiger partial charge in [-0.15, -0.1) is 0 Å². The van der Waals surface area contributed by atoms with Gasteiger partial charge in [0.25, 0.3) is 5.91 Å². The third-order valence-electron chi connectivity index (χ3n) is 3.93. The molecular weight excluding hydrogens is 394 g/mol. The number of fused-ring (bicyclic) bond motifs is 1. The molecule has 6 heteroatoms. The number of carbonyl (C=O) groups excluding carboxylic acids is 2. The number of esters is 1. The monoisotopic (exact) mass is 407 g/mol. The maximum atomic E-state index is 12.6. The third-order valence-corrected chi connectivity index (χ3v) is 4.76. The van der Waals surface area contributed by atoms with Crippen LogP contribution in [0.3, 0.4) is 0 Å². The summed E-state index contributed by atoms with van der Waals surface area (Å²) in [6.07, 6.45) is -0.0845. The molecule has 2 aromatic carbocycles. The SMILES string of the molecule is C[C@H](OC(=O)c1cc(Br)ccc1Cl)C(=O)N1CCc2ccccc21. The van der Waals surface area contributed by atoms with Crippen molar-refractivity contribution in [1.29, 1.82) is 0 Å². The van der Waals surface area contributed by atoms with Gasteiger partial charge in [0.1, 0.15) is 0 Å². The number of rotatable bonds is 3. The molecule has 0 aliphatic carbocycles. The summed E-state index contributed by atoms with van der Waals surface area (Å²) in [7, 11) is 0. The quantitative estimate of drug-likeness (QED) is 0.714. The molecule has 3 rings (SSSR count). The summed E-state index contributed by atoms with van der Waals surface area (Å²) in [4.78, 5) is 26.6. The molecule has 0 radical (unpaired) electrons. The summed E-state index contributed by atoms with van der Waals surface area (Å²) >= 11 is 9.32. The van der Waals surface area contributed by atoms with Gasteiger partial charge >= 0.3 is 5.97 Å². The molecular formula is C18H15BrClNO3. The van der Waals surface area contributed by atoms with E-state index < -0.39 is 12.1 Å². The molecule has 1 amide bonds. The summed E-state index contributed by atoms with van der Waals surface area (Å²) in [5.41, 5.74) is 2.23. The number of para-hydroxylation sites is 1. The van der Waals surface area contributed by atoms with E-state index in [4.69, 9.17) is 16.3 Å². The van der Waals surface area contributed by atoms with Crippen molar-refractivity contribution in [3.05, 3.63) is 63.1 Å². The van der Waals surface area contributed by atoms with Crippen molar-refractivity contribution >= 4 is 45.1 Å². The molecule has 1 heterocycles. The highest BCUT2D eigenvalue weighted by Crippen LogP contribution is 2.28. The van der Waals surface area contributed by atoms with Gasteiger partial charge in [0.05, 0.1) is 10.6 Å². The zero-order valence-electron chi connectivity index (χ0n) is 13.0. The second-order valence-electron chi connectivity index (χ2n) is 5.54. The Bertz CT molecular complexity index is 809. The molecule has 0 spiro atoms. The molecule has 0 saturated carbocycles. The van der Waals surface area contributed by atoms with Crippen LogP contribution in [0.25, 0.3) is 0 Å². The zero-order valence-corrected chi connectivity index (χ0v) is 15.3. The molecule has 124 valence electrons. The summed E-state index contributed by atoms with van der Waals surface area (Å²) < 4.78 is 6.04. The van der Waals surface area contributed by atoms with Gasteiger partial charge in [-0.25, -0.2) is 4.79 Å². The standard InChI is InChI=1S/C18H15BrClNO3/c1-11(24-18(23)14-10-13(19)6-7-15(14)20)17(22)21-9-8-12-4-2-3-5-16(12)21/h2-7,10-11H,8-9H2,1H3/t11-/m0/s1. The maximum absolute atomic E-state index is 12.6. The summed E-state index contributed by atoms with van der Waals surface area (Å²) in [6, 6.07) is 12.7. The van der Waals surface area contributed by atoms with Crippen LogP contribution in [0.5, 0.6) is 0 Å². The molecule has 0 unspecified atom stereocenters. The minimum Gasteiger partial charge on any atom is -0.449 e. The van der Waals surface area contributed by atoms with Crippen molar-refractivity contribution < 1.29 is 14.3 Å². The van der Waals surface area contributed by atoms with Crippen LogP contribution in [0.4, 0.5) is 5.69 Å². The maximum Gasteiger partial charge on any atom is 0.340 e. The predicted octanol–water partition coefficient (Wildman–Crippen LogP) is 4.24. The lowest BCUT2D eigenvalue weighted by atomic mass is 10.2. The highest BCUT2D eigenvalue weighted by atomic mass is 79.9. The molecule has 0 fully saturated rings. The highest BCUT2D eigenvalue weighted by Gasteiger charge is 2.30. The normalized spacial score (nSPS) is 14.2. The average Bonchev–Trinajstić information content (AvgIpc) is 3.00. The second-order valence-corrected chi connectivity index (χ2v) is 6.86. The van der Waals surface area contributed by atoms with Gasteiger partial charge in [0.15, 0.2) is 6.10 Å². The molecule has 1 aliphatic rings. The Balaban J connectivity index is 1.73. The lowest BCUT2D eigenvalue weighted by Gasteiger charge is -2.21. The number of hydrogen-bond acceptors (Lipinski definition) is 3. The van der Waals surface area contributed by atoms with Gasteiger partial charge in [-0.2, -0.15) is 0 Å². The number of carbonyl (C=O) groups is 2. The number of hydrogen-bond donors (Lipinski definition) is 0. The zero-order chi connectivity index (χ0) is 17.3. The lowest BCUT2D eigenvalue weighted by molar-refractivity contribution is -0.126. The predicted molar refractivity (Wildman–Crippen MR) is 96.5 cm³/mol. The van der Waals surface area contributed by atoms with E-state index in [1.807, 2.05) is 24.3 Å². The summed E-state index contributed by atoms with van der Waals surface area (Å²) in [5, 5.41) is 0.286. The van der Waals surface area contributed by atoms with Crippen molar-refractivity contribution in [3.63, 3.8) is 0 Å². The first kappa shape index (κ1) is 17.0. The van der Waals surface area contributed by atoms with Gasteiger partial charge in [0, 0.05) is 16.7 Å². The van der Waals surface area contributed by atoms with E-state index in [1.165, 1.54) is 0 Å². The van der Waals surface area contributed by atoms with Crippen molar-refractivity contribution in [1.82, 2.24) is 0 Å². The van der Waals surface area contributed by atoms with Crippen LogP contribution in [0.2, 0.25) is 5.02 Å². The molecule has 0 saturated heterocycles. The first-order valence-corrected chi connectivity index (χ1v) is 8.70. The summed E-state index contributed by atoms with van der Waals surface area (Å²) in [6.45, 7) is 2.17. The van der Waals surface area contributed by atoms with E-state index in [9.17, 15) is 9.59 Å². The molecule has 24 heavy (non-hydrogen) atoms. The largest absolute Gasteiger partial charge is 0.449 e. The molecule has 0 N–H and O–H groups in total. The average molecular weight is 409 g/mol. The molecule has 4 nitrogen and oxygen atoms in total. The Morgan fingerprint density at radius 3 is 2.79 bits per heavy atom. The topological polar surface area (TPSA) is 46.6 Å². The minimum absolute atomic E-state index is 0.229. The van der Waals surface area contributed by atoms with E-state index in [2.05, 4.69) is 15.9 Å². The van der Waals surface area contributed by atoms with Gasteiger partial charge in [-0.3, -0.25) is 4.79 Å². The number of amides is 1. The Hall–Kier alpha value is -1.85. The fraction of sp³-hybridized carbons (Fsp3) is 0.222. The van der Waals surface area contributed by atoms with Crippen molar-refractivity contribution in [2.75, 3.05) is 11.4 Å². The number of nitrogens with zero attached hydrogens (tertiary/aromatic N) is 1. The van der Waals surface area contributed by atoms with E-state index in [1.54, 1.807) is 30.0 Å². The number of halogens is 2. The smallest absolute Gasteiger partial charge is 0.340 e. The fourth-order valence-electron chi connectivity index (χ4n) is 2.71. The Labute approximate surface area is 153 Å². The van der Waals surface area contributed by atoms with Crippen LogP contribution in [-0.4, -0.2) is 24.5 Å². The van der Waals surface area contributed by atoms with Crippen molar-refractivity contribution in [2.45, 2.75) is 19.4 Å². The van der Waals surface area contributed by atoms with E-state index in [0.717, 1.165) is 17.7 Å². The number of ether oxygens (including phenoxy) is 1. The van der Waals surface area contributed by atoms with Crippen LogP contribution in [0, 0.1) is 0 Å². The summed E-state index contributed by atoms with van der Waals surface area (Å²) in [5.74, 6) is -0.853. The first-order valence-electron chi connectivity index (χ1n) is 7.52. The van der Waals surface area contributed by atoms with Crippen LogP contribution in [0.15, 0.2) is 46.9 Å².